The van der Waals surface area contributed by atoms with Crippen molar-refractivity contribution >= 4 is 0 Å². The molecule has 106 valence electrons. The average Bonchev–Trinajstić information content (AvgIpc) is 3.11. The maximum atomic E-state index is 13.9. The molecular weight excluding hydrogens is 270 g/mol. The molecule has 0 bridgehead atoms. The van der Waals surface area contributed by atoms with E-state index in [0.717, 1.165) is 6.42 Å². The number of methoxy groups -OCH3 is 1. The van der Waals surface area contributed by atoms with Gasteiger partial charge < -0.3 is 14.0 Å². The molecule has 0 N–H and O–H groups in total. The topological polar surface area (TPSA) is 57.4 Å². The number of hydrogen-bond donors (Lipinski definition) is 0. The molecule has 1 atom stereocenters. The molecule has 0 aliphatic carbocycles. The monoisotopic (exact) mass is 282 g/mol. The minimum Gasteiger partial charge on any atom is -0.494 e. The van der Waals surface area contributed by atoms with E-state index in [2.05, 4.69) is 10.1 Å². The zero-order chi connectivity index (χ0) is 14.1. The fourth-order valence-electron chi connectivity index (χ4n) is 2.10. The smallest absolute Gasteiger partial charge is 0.261 e. The quantitative estimate of drug-likeness (QED) is 0.865. The molecule has 0 radical (unpaired) electrons. The van der Waals surface area contributed by atoms with Crippen LogP contribution in [0.1, 0.15) is 18.2 Å². The Kier molecular flexibility index (Phi) is 3.35. The molecule has 1 unspecified atom stereocenters. The van der Waals surface area contributed by atoms with E-state index in [1.807, 2.05) is 0 Å². The predicted octanol–water partition coefficient (Wildman–Crippen LogP) is 2.53. The number of hydrogen-bond acceptors (Lipinski definition) is 5. The summed E-state index contributed by atoms with van der Waals surface area (Å²) in [6.45, 7) is 1.15. The van der Waals surface area contributed by atoms with Crippen molar-refractivity contribution in [1.82, 2.24) is 10.1 Å². The first-order valence-electron chi connectivity index (χ1n) is 6.14. The summed E-state index contributed by atoms with van der Waals surface area (Å²) in [5, 5.41) is 3.80. The SMILES string of the molecule is COc1ccc(-c2nc(C3CCOC3)no2)c(F)c1F. The summed E-state index contributed by atoms with van der Waals surface area (Å²) in [5.74, 6) is -1.87. The van der Waals surface area contributed by atoms with E-state index >= 15 is 0 Å². The van der Waals surface area contributed by atoms with Crippen LogP contribution in [0.2, 0.25) is 0 Å². The number of rotatable bonds is 3. The van der Waals surface area contributed by atoms with Crippen LogP contribution in [-0.4, -0.2) is 30.5 Å². The van der Waals surface area contributed by atoms with Crippen LogP contribution in [0, 0.1) is 11.6 Å². The Labute approximate surface area is 113 Å². The third-order valence-electron chi connectivity index (χ3n) is 3.23. The lowest BCUT2D eigenvalue weighted by atomic mass is 10.1. The van der Waals surface area contributed by atoms with Gasteiger partial charge in [0.2, 0.25) is 5.82 Å². The Balaban J connectivity index is 1.95. The molecule has 0 amide bonds. The van der Waals surface area contributed by atoms with Crippen molar-refractivity contribution in [3.05, 3.63) is 29.6 Å². The van der Waals surface area contributed by atoms with Crippen molar-refractivity contribution < 1.29 is 22.8 Å². The van der Waals surface area contributed by atoms with Crippen LogP contribution in [0.3, 0.4) is 0 Å². The van der Waals surface area contributed by atoms with Crippen molar-refractivity contribution in [2.45, 2.75) is 12.3 Å². The van der Waals surface area contributed by atoms with Gasteiger partial charge >= 0.3 is 0 Å². The standard InChI is InChI=1S/C13H12F2N2O3/c1-18-9-3-2-8(10(14)11(9)15)13-16-12(17-20-13)7-4-5-19-6-7/h2-3,7H,4-6H2,1H3. The molecule has 2 aromatic rings. The van der Waals surface area contributed by atoms with Gasteiger partial charge in [0, 0.05) is 12.5 Å². The van der Waals surface area contributed by atoms with Crippen LogP contribution < -0.4 is 4.74 Å². The normalized spacial score (nSPS) is 18.4. The van der Waals surface area contributed by atoms with E-state index in [0.29, 0.717) is 19.0 Å². The van der Waals surface area contributed by atoms with E-state index in [-0.39, 0.29) is 23.1 Å². The molecule has 0 spiro atoms. The van der Waals surface area contributed by atoms with Gasteiger partial charge in [-0.2, -0.15) is 9.37 Å². The van der Waals surface area contributed by atoms with Crippen LogP contribution in [0.25, 0.3) is 11.5 Å². The first kappa shape index (κ1) is 13.0. The number of halogens is 2. The van der Waals surface area contributed by atoms with Gasteiger partial charge in [0.15, 0.2) is 17.4 Å². The lowest BCUT2D eigenvalue weighted by Crippen LogP contribution is -2.00. The molecule has 1 aliphatic heterocycles. The summed E-state index contributed by atoms with van der Waals surface area (Å²) in [5.41, 5.74) is -0.0824. The second-order valence-electron chi connectivity index (χ2n) is 4.46. The molecule has 3 rings (SSSR count). The lowest BCUT2D eigenvalue weighted by molar-refractivity contribution is 0.192. The third kappa shape index (κ3) is 2.14. The molecule has 5 nitrogen and oxygen atoms in total. The molecule has 2 heterocycles. The Hall–Kier alpha value is -2.02. The zero-order valence-electron chi connectivity index (χ0n) is 10.7. The Morgan fingerprint density at radius 2 is 2.15 bits per heavy atom. The highest BCUT2D eigenvalue weighted by atomic mass is 19.2. The second kappa shape index (κ2) is 5.16. The van der Waals surface area contributed by atoms with E-state index in [4.69, 9.17) is 14.0 Å². The van der Waals surface area contributed by atoms with E-state index in [1.165, 1.54) is 19.2 Å². The van der Waals surface area contributed by atoms with Gasteiger partial charge in [-0.25, -0.2) is 4.39 Å². The molecule has 20 heavy (non-hydrogen) atoms. The molecule has 1 aromatic heterocycles. The summed E-state index contributed by atoms with van der Waals surface area (Å²) in [6, 6.07) is 2.66. The predicted molar refractivity (Wildman–Crippen MR) is 64.4 cm³/mol. The summed E-state index contributed by atoms with van der Waals surface area (Å²) in [7, 11) is 1.27. The van der Waals surface area contributed by atoms with Crippen molar-refractivity contribution in [3.63, 3.8) is 0 Å². The number of benzene rings is 1. The van der Waals surface area contributed by atoms with Crippen molar-refractivity contribution in [3.8, 4) is 17.2 Å². The largest absolute Gasteiger partial charge is 0.494 e. The van der Waals surface area contributed by atoms with Gasteiger partial charge in [-0.1, -0.05) is 5.16 Å². The minimum atomic E-state index is -1.08. The van der Waals surface area contributed by atoms with Gasteiger partial charge in [0.25, 0.3) is 5.89 Å². The fraction of sp³-hybridized carbons (Fsp3) is 0.385. The van der Waals surface area contributed by atoms with Crippen LogP contribution in [0.5, 0.6) is 5.75 Å². The molecule has 1 aromatic carbocycles. The Bertz CT molecular complexity index is 624. The van der Waals surface area contributed by atoms with Gasteiger partial charge in [0.05, 0.1) is 19.3 Å². The van der Waals surface area contributed by atoms with Crippen LogP contribution in [-0.2, 0) is 4.74 Å². The van der Waals surface area contributed by atoms with Crippen LogP contribution in [0.15, 0.2) is 16.7 Å². The highest BCUT2D eigenvalue weighted by Crippen LogP contribution is 2.30. The lowest BCUT2D eigenvalue weighted by Gasteiger charge is -2.04. The molecular formula is C13H12F2N2O3. The van der Waals surface area contributed by atoms with Gasteiger partial charge in [0.1, 0.15) is 0 Å². The van der Waals surface area contributed by atoms with Crippen molar-refractivity contribution in [1.29, 1.82) is 0 Å². The maximum absolute atomic E-state index is 13.9. The summed E-state index contributed by atoms with van der Waals surface area (Å²) >= 11 is 0. The second-order valence-corrected chi connectivity index (χ2v) is 4.46. The Morgan fingerprint density at radius 3 is 2.85 bits per heavy atom. The number of nitrogens with zero attached hydrogens (tertiary/aromatic N) is 2. The van der Waals surface area contributed by atoms with E-state index in [1.54, 1.807) is 0 Å². The molecule has 1 fully saturated rings. The van der Waals surface area contributed by atoms with Crippen LogP contribution in [0.4, 0.5) is 8.78 Å². The number of ether oxygens (including phenoxy) is 2. The first-order chi connectivity index (χ1) is 9.70. The highest BCUT2D eigenvalue weighted by Gasteiger charge is 2.25. The summed E-state index contributed by atoms with van der Waals surface area (Å²) in [4.78, 5) is 4.11. The third-order valence-corrected chi connectivity index (χ3v) is 3.23. The van der Waals surface area contributed by atoms with Crippen molar-refractivity contribution in [2.24, 2.45) is 0 Å². The average molecular weight is 282 g/mol. The van der Waals surface area contributed by atoms with E-state index in [9.17, 15) is 8.78 Å². The summed E-state index contributed by atoms with van der Waals surface area (Å²) < 4.78 is 42.5. The van der Waals surface area contributed by atoms with Gasteiger partial charge in [-0.3, -0.25) is 0 Å². The number of aromatic nitrogens is 2. The molecule has 1 aliphatic rings. The van der Waals surface area contributed by atoms with Gasteiger partial charge in [-0.15, -0.1) is 0 Å². The van der Waals surface area contributed by atoms with Gasteiger partial charge in [-0.05, 0) is 18.6 Å². The molecule has 1 saturated heterocycles. The molecule has 0 saturated carbocycles. The first-order valence-corrected chi connectivity index (χ1v) is 6.14. The van der Waals surface area contributed by atoms with Crippen molar-refractivity contribution in [2.75, 3.05) is 20.3 Å². The molecule has 7 heteroatoms. The van der Waals surface area contributed by atoms with E-state index < -0.39 is 11.6 Å². The fourth-order valence-corrected chi connectivity index (χ4v) is 2.10. The summed E-state index contributed by atoms with van der Waals surface area (Å²) in [6.07, 6.45) is 0.790. The highest BCUT2D eigenvalue weighted by molar-refractivity contribution is 5.56. The van der Waals surface area contributed by atoms with Crippen LogP contribution >= 0.6 is 0 Å². The maximum Gasteiger partial charge on any atom is 0.261 e. The minimum absolute atomic E-state index is 0.0404. The Morgan fingerprint density at radius 1 is 1.30 bits per heavy atom. The zero-order valence-corrected chi connectivity index (χ0v) is 10.7.